The minimum Gasteiger partial charge on any atom is -0.471 e. The number of nitriles is 1. The number of fused-ring (bicyclic) bond motifs is 1. The Labute approximate surface area is 175 Å². The second kappa shape index (κ2) is 9.55. The molecule has 0 spiro atoms. The highest BCUT2D eigenvalue weighted by atomic mass is 35.5. The fourth-order valence-electron chi connectivity index (χ4n) is 2.67. The van der Waals surface area contributed by atoms with Gasteiger partial charge in [0.15, 0.2) is 5.82 Å². The molecule has 1 N–H and O–H groups in total. The summed E-state index contributed by atoms with van der Waals surface area (Å²) in [4.78, 5) is 14.9. The van der Waals surface area contributed by atoms with Gasteiger partial charge >= 0.3 is 0 Å². The van der Waals surface area contributed by atoms with Crippen molar-refractivity contribution in [2.75, 3.05) is 26.0 Å². The van der Waals surface area contributed by atoms with Gasteiger partial charge in [0, 0.05) is 23.2 Å². The topological polar surface area (TPSA) is 87.0 Å². The van der Waals surface area contributed by atoms with E-state index in [2.05, 4.69) is 20.3 Å². The summed E-state index contributed by atoms with van der Waals surface area (Å²) in [6, 6.07) is 9.54. The van der Waals surface area contributed by atoms with E-state index in [1.165, 1.54) is 6.20 Å². The molecule has 0 bridgehead atoms. The van der Waals surface area contributed by atoms with Crippen LogP contribution in [-0.2, 0) is 0 Å². The summed E-state index contributed by atoms with van der Waals surface area (Å²) in [5.41, 5.74) is 0.143. The number of rotatable bonds is 6. The van der Waals surface area contributed by atoms with Crippen LogP contribution in [0.4, 0.5) is 11.6 Å². The molecule has 0 aliphatic rings. The molecule has 0 fully saturated rings. The summed E-state index contributed by atoms with van der Waals surface area (Å²) >= 11 is 6.17. The van der Waals surface area contributed by atoms with Crippen molar-refractivity contribution in [3.63, 3.8) is 0 Å². The van der Waals surface area contributed by atoms with Gasteiger partial charge in [-0.1, -0.05) is 23.7 Å². The highest BCUT2D eigenvalue weighted by Gasteiger charge is 2.14. The van der Waals surface area contributed by atoms with E-state index in [0.717, 1.165) is 10.8 Å². The lowest BCUT2D eigenvalue weighted by Crippen LogP contribution is -2.28. The third-order valence-electron chi connectivity index (χ3n) is 3.75. The molecule has 0 aliphatic carbocycles. The quantitative estimate of drug-likeness (QED) is 0.654. The molecule has 0 amide bonds. The van der Waals surface area contributed by atoms with Gasteiger partial charge in [0.1, 0.15) is 18.0 Å². The summed E-state index contributed by atoms with van der Waals surface area (Å²) < 4.78 is 5.80. The number of nitrogens with zero attached hydrogens (tertiary/aromatic N) is 5. The van der Waals surface area contributed by atoms with E-state index in [1.807, 2.05) is 56.3 Å². The molecule has 2 aromatic heterocycles. The van der Waals surface area contributed by atoms with Crippen molar-refractivity contribution in [3.8, 4) is 11.9 Å². The second-order valence-corrected chi connectivity index (χ2v) is 6.77. The number of hydrogen-bond donors (Lipinski definition) is 1. The number of halogens is 1. The molecule has 146 valence electrons. The van der Waals surface area contributed by atoms with Crippen molar-refractivity contribution in [1.82, 2.24) is 19.9 Å². The first-order valence-corrected chi connectivity index (χ1v) is 8.74. The highest BCUT2D eigenvalue weighted by Crippen LogP contribution is 2.26. The Kier molecular flexibility index (Phi) is 7.40. The predicted octanol–water partition coefficient (Wildman–Crippen LogP) is 3.74. The largest absolute Gasteiger partial charge is 0.471 e. The molecule has 2 heterocycles. The molecule has 1 atom stereocenters. The predicted molar refractivity (Wildman–Crippen MR) is 116 cm³/mol. The fourth-order valence-corrected chi connectivity index (χ4v) is 2.90. The standard InChI is InChI=1S/C19H19ClN6O.H2S/c1-12(11-26(2)3)27-19-16(8-21)22-10-18(25-19)24-17-7-13-5-4-6-15(20)14(13)9-23-17;/h4-7,9-10,12H,11H2,1-3H3,(H,23,24,25);1H2/t12-;/m0./s1. The summed E-state index contributed by atoms with van der Waals surface area (Å²) in [6.07, 6.45) is 3.04. The summed E-state index contributed by atoms with van der Waals surface area (Å²) in [7, 11) is 3.90. The van der Waals surface area contributed by atoms with Crippen LogP contribution < -0.4 is 10.1 Å². The zero-order valence-electron chi connectivity index (χ0n) is 15.8. The molecule has 0 saturated heterocycles. The summed E-state index contributed by atoms with van der Waals surface area (Å²) in [6.45, 7) is 2.61. The normalized spacial score (nSPS) is 11.6. The van der Waals surface area contributed by atoms with E-state index >= 15 is 0 Å². The van der Waals surface area contributed by atoms with Gasteiger partial charge in [-0.2, -0.15) is 23.7 Å². The highest BCUT2D eigenvalue weighted by molar-refractivity contribution is 7.59. The first-order chi connectivity index (χ1) is 13.0. The molecule has 0 radical (unpaired) electrons. The molecule has 7 nitrogen and oxygen atoms in total. The van der Waals surface area contributed by atoms with Gasteiger partial charge in [-0.05, 0) is 38.5 Å². The lowest BCUT2D eigenvalue weighted by atomic mass is 10.2. The lowest BCUT2D eigenvalue weighted by Gasteiger charge is -2.18. The van der Waals surface area contributed by atoms with E-state index in [1.54, 1.807) is 6.20 Å². The maximum Gasteiger partial charge on any atom is 0.253 e. The zero-order valence-corrected chi connectivity index (χ0v) is 17.5. The van der Waals surface area contributed by atoms with E-state index in [9.17, 15) is 5.26 Å². The van der Waals surface area contributed by atoms with Crippen molar-refractivity contribution in [3.05, 3.63) is 47.4 Å². The Morgan fingerprint density at radius 1 is 1.25 bits per heavy atom. The Hall–Kier alpha value is -2.60. The molecule has 3 rings (SSSR count). The van der Waals surface area contributed by atoms with Gasteiger partial charge in [-0.15, -0.1) is 0 Å². The van der Waals surface area contributed by atoms with Crippen LogP contribution in [0.1, 0.15) is 12.6 Å². The Balaban J connectivity index is 0.00000280. The number of anilines is 2. The van der Waals surface area contributed by atoms with Gasteiger partial charge in [0.2, 0.25) is 5.69 Å². The molecule has 0 saturated carbocycles. The number of pyridine rings is 1. The van der Waals surface area contributed by atoms with Crippen molar-refractivity contribution < 1.29 is 4.74 Å². The minimum absolute atomic E-state index is 0. The molecule has 1 aromatic carbocycles. The number of likely N-dealkylation sites (N-methyl/N-ethyl adjacent to an activating group) is 1. The monoisotopic (exact) mass is 416 g/mol. The van der Waals surface area contributed by atoms with Gasteiger partial charge in [0.05, 0.1) is 6.20 Å². The number of nitrogens with one attached hydrogen (secondary N) is 1. The van der Waals surface area contributed by atoms with Gasteiger partial charge < -0.3 is 15.0 Å². The van der Waals surface area contributed by atoms with Crippen LogP contribution in [-0.4, -0.2) is 46.6 Å². The van der Waals surface area contributed by atoms with E-state index in [-0.39, 0.29) is 31.2 Å². The van der Waals surface area contributed by atoms with Crippen LogP contribution in [0.3, 0.4) is 0 Å². The van der Waals surface area contributed by atoms with Crippen LogP contribution in [0.2, 0.25) is 5.02 Å². The summed E-state index contributed by atoms with van der Waals surface area (Å²) in [5, 5.41) is 14.8. The number of hydrogen-bond acceptors (Lipinski definition) is 7. The number of aromatic nitrogens is 3. The number of ether oxygens (including phenoxy) is 1. The maximum absolute atomic E-state index is 9.25. The smallest absolute Gasteiger partial charge is 0.253 e. The Morgan fingerprint density at radius 3 is 2.75 bits per heavy atom. The van der Waals surface area contributed by atoms with Crippen molar-refractivity contribution in [1.29, 1.82) is 5.26 Å². The minimum atomic E-state index is -0.141. The zero-order chi connectivity index (χ0) is 19.4. The number of benzene rings is 1. The van der Waals surface area contributed by atoms with Crippen LogP contribution in [0.5, 0.6) is 5.88 Å². The average molecular weight is 417 g/mol. The molecule has 0 unspecified atom stereocenters. The SMILES string of the molecule is C[C@@H](CN(C)C)Oc1nc(Nc2cc3cccc(Cl)c3cn2)cnc1C#N.S. The molecule has 0 aliphatic heterocycles. The van der Waals surface area contributed by atoms with E-state index < -0.39 is 0 Å². The van der Waals surface area contributed by atoms with Gasteiger partial charge in [-0.25, -0.2) is 9.97 Å². The van der Waals surface area contributed by atoms with Crippen LogP contribution in [0.25, 0.3) is 10.8 Å². The summed E-state index contributed by atoms with van der Waals surface area (Å²) in [5.74, 6) is 1.23. The Morgan fingerprint density at radius 2 is 2.04 bits per heavy atom. The van der Waals surface area contributed by atoms with E-state index in [4.69, 9.17) is 16.3 Å². The Bertz CT molecular complexity index is 1010. The van der Waals surface area contributed by atoms with Crippen molar-refractivity contribution in [2.24, 2.45) is 0 Å². The molecule has 9 heteroatoms. The van der Waals surface area contributed by atoms with Crippen molar-refractivity contribution in [2.45, 2.75) is 13.0 Å². The fraction of sp³-hybridized carbons (Fsp3) is 0.263. The van der Waals surface area contributed by atoms with Crippen molar-refractivity contribution >= 4 is 47.5 Å². The van der Waals surface area contributed by atoms with Crippen LogP contribution in [0.15, 0.2) is 36.7 Å². The van der Waals surface area contributed by atoms with Crippen LogP contribution >= 0.6 is 25.1 Å². The van der Waals surface area contributed by atoms with E-state index in [0.29, 0.717) is 23.2 Å². The first kappa shape index (κ1) is 21.7. The van der Waals surface area contributed by atoms with Gasteiger partial charge in [-0.3, -0.25) is 0 Å². The average Bonchev–Trinajstić information content (AvgIpc) is 2.61. The lowest BCUT2D eigenvalue weighted by molar-refractivity contribution is 0.169. The third-order valence-corrected chi connectivity index (χ3v) is 4.08. The molecular formula is C19H21ClN6OS. The molecular weight excluding hydrogens is 396 g/mol. The van der Waals surface area contributed by atoms with Gasteiger partial charge in [0.25, 0.3) is 5.88 Å². The first-order valence-electron chi connectivity index (χ1n) is 8.36. The van der Waals surface area contributed by atoms with Crippen LogP contribution in [0, 0.1) is 11.3 Å². The second-order valence-electron chi connectivity index (χ2n) is 6.37. The maximum atomic E-state index is 9.25. The third kappa shape index (κ3) is 5.23. The molecule has 28 heavy (non-hydrogen) atoms. The molecule has 3 aromatic rings.